The van der Waals surface area contributed by atoms with Crippen LogP contribution in [0.4, 0.5) is 0 Å². The summed E-state index contributed by atoms with van der Waals surface area (Å²) in [5.41, 5.74) is 4.90. The molecule has 0 aliphatic heterocycles. The van der Waals surface area contributed by atoms with Crippen LogP contribution in [0.1, 0.15) is 39.0 Å². The van der Waals surface area contributed by atoms with Crippen molar-refractivity contribution in [1.82, 2.24) is 5.32 Å². The smallest absolute Gasteiger partial charge is 0.237 e. The van der Waals surface area contributed by atoms with E-state index in [1.165, 1.54) is 12.8 Å². The summed E-state index contributed by atoms with van der Waals surface area (Å²) >= 11 is 0. The third kappa shape index (κ3) is 4.18. The number of hydrogen-bond acceptors (Lipinski definition) is 3. The second kappa shape index (κ2) is 5.47. The van der Waals surface area contributed by atoms with Crippen molar-refractivity contribution in [2.75, 3.05) is 13.7 Å². The molecule has 1 amide bonds. The lowest BCUT2D eigenvalue weighted by Gasteiger charge is -2.27. The summed E-state index contributed by atoms with van der Waals surface area (Å²) in [5.74, 6) is -0.244. The van der Waals surface area contributed by atoms with Crippen molar-refractivity contribution in [3.8, 4) is 0 Å². The Morgan fingerprint density at radius 1 is 1.53 bits per heavy atom. The van der Waals surface area contributed by atoms with E-state index in [4.69, 9.17) is 10.5 Å². The highest BCUT2D eigenvalue weighted by molar-refractivity contribution is 5.84. The Morgan fingerprint density at radius 2 is 2.20 bits per heavy atom. The molecule has 3 N–H and O–H groups in total. The highest BCUT2D eigenvalue weighted by Crippen LogP contribution is 2.24. The molecule has 1 fully saturated rings. The van der Waals surface area contributed by atoms with Gasteiger partial charge in [0, 0.05) is 19.8 Å². The van der Waals surface area contributed by atoms with E-state index in [9.17, 15) is 4.79 Å². The van der Waals surface area contributed by atoms with E-state index in [2.05, 4.69) is 5.32 Å². The van der Waals surface area contributed by atoms with Crippen molar-refractivity contribution in [1.29, 1.82) is 0 Å². The Balaban J connectivity index is 2.31. The minimum Gasteiger partial charge on any atom is -0.385 e. The number of ether oxygens (including phenoxy) is 1. The molecule has 0 saturated heterocycles. The van der Waals surface area contributed by atoms with E-state index in [0.29, 0.717) is 6.04 Å². The van der Waals surface area contributed by atoms with Crippen LogP contribution in [0, 0.1) is 0 Å². The topological polar surface area (TPSA) is 64.3 Å². The van der Waals surface area contributed by atoms with E-state index in [0.717, 1.165) is 25.9 Å². The lowest BCUT2D eigenvalue weighted by molar-refractivity contribution is -0.124. The fourth-order valence-electron chi connectivity index (χ4n) is 1.67. The van der Waals surface area contributed by atoms with Crippen molar-refractivity contribution in [2.45, 2.75) is 50.6 Å². The summed E-state index contributed by atoms with van der Waals surface area (Å²) in [4.78, 5) is 11.4. The number of hydrogen-bond donors (Lipinski definition) is 2. The number of methoxy groups -OCH3 is 1. The molecular formula is C11H22N2O2. The highest BCUT2D eigenvalue weighted by Gasteiger charge is 2.36. The van der Waals surface area contributed by atoms with Gasteiger partial charge in [-0.05, 0) is 39.0 Å². The van der Waals surface area contributed by atoms with Crippen LogP contribution < -0.4 is 11.1 Å². The second-order valence-electron chi connectivity index (χ2n) is 4.56. The molecule has 15 heavy (non-hydrogen) atoms. The number of nitrogens with one attached hydrogen (secondary N) is 1. The Labute approximate surface area is 91.5 Å². The van der Waals surface area contributed by atoms with Crippen LogP contribution in [0.3, 0.4) is 0 Å². The fraction of sp³-hybridized carbons (Fsp3) is 0.909. The zero-order chi connectivity index (χ0) is 11.3. The summed E-state index contributed by atoms with van der Waals surface area (Å²) in [7, 11) is 1.69. The molecule has 1 rings (SSSR count). The third-order valence-corrected chi connectivity index (χ3v) is 2.92. The number of amides is 1. The largest absolute Gasteiger partial charge is 0.385 e. The Morgan fingerprint density at radius 3 is 2.67 bits per heavy atom. The Bertz CT molecular complexity index is 217. The Hall–Kier alpha value is -0.610. The van der Waals surface area contributed by atoms with Gasteiger partial charge >= 0.3 is 0 Å². The van der Waals surface area contributed by atoms with Gasteiger partial charge in [0.25, 0.3) is 0 Å². The van der Waals surface area contributed by atoms with Gasteiger partial charge < -0.3 is 15.8 Å². The van der Waals surface area contributed by atoms with Crippen molar-refractivity contribution in [2.24, 2.45) is 5.73 Å². The lowest BCUT2D eigenvalue weighted by Crippen LogP contribution is -2.53. The molecular weight excluding hydrogens is 192 g/mol. The van der Waals surface area contributed by atoms with E-state index in [-0.39, 0.29) is 5.91 Å². The molecule has 1 unspecified atom stereocenters. The maximum absolute atomic E-state index is 11.4. The molecule has 0 spiro atoms. The first kappa shape index (κ1) is 12.5. The standard InChI is InChI=1S/C11H22N2O2/c1-11(10(12)14,13-9-5-6-9)7-3-4-8-15-2/h9,13H,3-8H2,1-2H3,(H2,12,14). The van der Waals surface area contributed by atoms with Gasteiger partial charge in [-0.1, -0.05) is 0 Å². The number of carbonyl (C=O) groups is 1. The van der Waals surface area contributed by atoms with Crippen molar-refractivity contribution in [3.05, 3.63) is 0 Å². The number of carbonyl (C=O) groups excluding carboxylic acids is 1. The molecule has 0 aromatic carbocycles. The molecule has 0 aromatic heterocycles. The van der Waals surface area contributed by atoms with Crippen LogP contribution in [0.2, 0.25) is 0 Å². The predicted octanol–water partition coefficient (Wildman–Crippen LogP) is 0.799. The summed E-state index contributed by atoms with van der Waals surface area (Å²) in [6.07, 6.45) is 5.07. The van der Waals surface area contributed by atoms with Crippen LogP contribution in [0.5, 0.6) is 0 Å². The zero-order valence-corrected chi connectivity index (χ0v) is 9.71. The monoisotopic (exact) mass is 214 g/mol. The van der Waals surface area contributed by atoms with Crippen LogP contribution in [0.15, 0.2) is 0 Å². The highest BCUT2D eigenvalue weighted by atomic mass is 16.5. The van der Waals surface area contributed by atoms with Gasteiger partial charge in [0.1, 0.15) is 0 Å². The van der Waals surface area contributed by atoms with Gasteiger partial charge in [0.2, 0.25) is 5.91 Å². The molecule has 88 valence electrons. The first-order valence-electron chi connectivity index (χ1n) is 5.65. The van der Waals surface area contributed by atoms with Gasteiger partial charge in [-0.15, -0.1) is 0 Å². The molecule has 1 aliphatic rings. The molecule has 1 aliphatic carbocycles. The van der Waals surface area contributed by atoms with Gasteiger partial charge in [0.05, 0.1) is 5.54 Å². The number of nitrogens with two attached hydrogens (primary N) is 1. The van der Waals surface area contributed by atoms with E-state index in [1.54, 1.807) is 7.11 Å². The third-order valence-electron chi connectivity index (χ3n) is 2.92. The van der Waals surface area contributed by atoms with Crippen LogP contribution in [-0.2, 0) is 9.53 Å². The number of primary amides is 1. The number of rotatable bonds is 8. The number of unbranched alkanes of at least 4 members (excludes halogenated alkanes) is 1. The van der Waals surface area contributed by atoms with Crippen molar-refractivity contribution >= 4 is 5.91 Å². The summed E-state index contributed by atoms with van der Waals surface area (Å²) in [6, 6.07) is 0.505. The normalized spacial score (nSPS) is 19.9. The maximum atomic E-state index is 11.4. The first-order chi connectivity index (χ1) is 7.08. The Kier molecular flexibility index (Phi) is 4.54. The average Bonchev–Trinajstić information content (AvgIpc) is 2.96. The SMILES string of the molecule is COCCCCC(C)(NC1CC1)C(N)=O. The predicted molar refractivity (Wildman–Crippen MR) is 59.5 cm³/mol. The quantitative estimate of drug-likeness (QED) is 0.587. The summed E-state index contributed by atoms with van der Waals surface area (Å²) < 4.78 is 4.97. The van der Waals surface area contributed by atoms with Crippen LogP contribution in [-0.4, -0.2) is 31.2 Å². The van der Waals surface area contributed by atoms with Crippen LogP contribution >= 0.6 is 0 Å². The molecule has 1 atom stereocenters. The zero-order valence-electron chi connectivity index (χ0n) is 9.71. The van der Waals surface area contributed by atoms with Crippen molar-refractivity contribution < 1.29 is 9.53 Å². The lowest BCUT2D eigenvalue weighted by atomic mass is 9.94. The minimum atomic E-state index is -0.533. The summed E-state index contributed by atoms with van der Waals surface area (Å²) in [5, 5.41) is 3.33. The minimum absolute atomic E-state index is 0.244. The van der Waals surface area contributed by atoms with E-state index in [1.807, 2.05) is 6.92 Å². The van der Waals surface area contributed by atoms with Crippen LogP contribution in [0.25, 0.3) is 0 Å². The molecule has 4 heteroatoms. The molecule has 0 bridgehead atoms. The molecule has 0 heterocycles. The van der Waals surface area contributed by atoms with Gasteiger partial charge in [0.15, 0.2) is 0 Å². The second-order valence-corrected chi connectivity index (χ2v) is 4.56. The summed E-state index contributed by atoms with van der Waals surface area (Å²) in [6.45, 7) is 2.65. The van der Waals surface area contributed by atoms with Gasteiger partial charge in [-0.25, -0.2) is 0 Å². The molecule has 0 aromatic rings. The van der Waals surface area contributed by atoms with Gasteiger partial charge in [-0.2, -0.15) is 0 Å². The average molecular weight is 214 g/mol. The fourth-order valence-corrected chi connectivity index (χ4v) is 1.67. The maximum Gasteiger partial charge on any atom is 0.237 e. The molecule has 0 radical (unpaired) electrons. The molecule has 1 saturated carbocycles. The van der Waals surface area contributed by atoms with E-state index < -0.39 is 5.54 Å². The molecule has 4 nitrogen and oxygen atoms in total. The first-order valence-corrected chi connectivity index (χ1v) is 5.65. The van der Waals surface area contributed by atoms with E-state index >= 15 is 0 Å². The van der Waals surface area contributed by atoms with Gasteiger partial charge in [-0.3, -0.25) is 4.79 Å². The van der Waals surface area contributed by atoms with Crippen molar-refractivity contribution in [3.63, 3.8) is 0 Å².